The summed E-state index contributed by atoms with van der Waals surface area (Å²) in [4.78, 5) is 25.5. The zero-order chi connectivity index (χ0) is 28.2. The van der Waals surface area contributed by atoms with Crippen LogP contribution in [0.3, 0.4) is 0 Å². The molecule has 0 unspecified atom stereocenters. The summed E-state index contributed by atoms with van der Waals surface area (Å²) < 4.78 is 11.3. The van der Waals surface area contributed by atoms with Crippen molar-refractivity contribution in [1.82, 2.24) is 0 Å². The molecule has 3 N–H and O–H groups in total. The molecule has 6 nitrogen and oxygen atoms in total. The average Bonchev–Trinajstić information content (AvgIpc) is 3.10. The topological polar surface area (TPSA) is 98.8 Å². The first-order valence-electron chi connectivity index (χ1n) is 14.8. The largest absolute Gasteiger partial charge is 0.466 e. The van der Waals surface area contributed by atoms with Gasteiger partial charge in [0, 0.05) is 18.5 Å². The molecule has 0 aliphatic heterocycles. The lowest BCUT2D eigenvalue weighted by Crippen LogP contribution is -2.66. The third-order valence-corrected chi connectivity index (χ3v) is 11.8. The van der Waals surface area contributed by atoms with Gasteiger partial charge >= 0.3 is 11.9 Å². The van der Waals surface area contributed by atoms with Crippen LogP contribution in [0.15, 0.2) is 22.8 Å². The molecule has 0 aromatic carbocycles. The molecule has 4 aliphatic carbocycles. The summed E-state index contributed by atoms with van der Waals surface area (Å²) in [6.45, 7) is 15.0. The number of ether oxygens (including phenoxy) is 2. The minimum Gasteiger partial charge on any atom is -0.466 e. The van der Waals surface area contributed by atoms with Crippen molar-refractivity contribution in [2.24, 2.45) is 45.7 Å². The lowest BCUT2D eigenvalue weighted by atomic mass is 9.36. The highest BCUT2D eigenvalue weighted by atomic mass is 16.5. The molecule has 0 radical (unpaired) electrons. The van der Waals surface area contributed by atoms with Gasteiger partial charge in [-0.1, -0.05) is 39.3 Å². The maximum Gasteiger partial charge on any atom is 0.333 e. The summed E-state index contributed by atoms with van der Waals surface area (Å²) in [6, 6.07) is 0.222. The molecule has 6 heteroatoms. The van der Waals surface area contributed by atoms with E-state index in [9.17, 15) is 14.7 Å². The number of aliphatic hydroxyl groups excluding tert-OH is 1. The van der Waals surface area contributed by atoms with Gasteiger partial charge in [0.25, 0.3) is 0 Å². The van der Waals surface area contributed by atoms with E-state index in [1.165, 1.54) is 19.6 Å². The van der Waals surface area contributed by atoms with Crippen LogP contribution in [0.2, 0.25) is 0 Å². The second-order valence-electron chi connectivity index (χ2n) is 13.9. The Morgan fingerprint density at radius 2 is 1.79 bits per heavy atom. The van der Waals surface area contributed by atoms with Gasteiger partial charge in [0.05, 0.1) is 13.2 Å². The molecule has 0 aromatic rings. The van der Waals surface area contributed by atoms with E-state index in [4.69, 9.17) is 15.2 Å². The molecule has 10 atom stereocenters. The first-order chi connectivity index (χ1) is 17.7. The number of carbonyl (C=O) groups is 2. The van der Waals surface area contributed by atoms with Crippen molar-refractivity contribution in [1.29, 1.82) is 0 Å². The number of rotatable bonds is 5. The van der Waals surface area contributed by atoms with Crippen LogP contribution in [0.4, 0.5) is 0 Å². The summed E-state index contributed by atoms with van der Waals surface area (Å²) >= 11 is 0. The van der Waals surface area contributed by atoms with E-state index < -0.39 is 12.2 Å². The van der Waals surface area contributed by atoms with Crippen molar-refractivity contribution in [3.05, 3.63) is 22.8 Å². The molecular weight excluding hydrogens is 478 g/mol. The molecule has 4 fully saturated rings. The summed E-state index contributed by atoms with van der Waals surface area (Å²) in [7, 11) is 1.42. The predicted molar refractivity (Wildman–Crippen MR) is 149 cm³/mol. The average molecular weight is 530 g/mol. The zero-order valence-electron chi connectivity index (χ0n) is 24.9. The molecule has 0 spiro atoms. The van der Waals surface area contributed by atoms with Crippen LogP contribution in [0.25, 0.3) is 0 Å². The van der Waals surface area contributed by atoms with Crippen molar-refractivity contribution in [3.8, 4) is 0 Å². The number of hydrogen-bond donors (Lipinski definition) is 2. The normalized spacial score (nSPS) is 45.3. The molecule has 38 heavy (non-hydrogen) atoms. The van der Waals surface area contributed by atoms with Gasteiger partial charge in [-0.25, -0.2) is 4.79 Å². The molecule has 214 valence electrons. The number of nitrogens with two attached hydrogens (primary N) is 1. The van der Waals surface area contributed by atoms with Gasteiger partial charge in [-0.3, -0.25) is 4.79 Å². The van der Waals surface area contributed by atoms with E-state index >= 15 is 0 Å². The Bertz CT molecular complexity index is 1010. The Kier molecular flexibility index (Phi) is 8.02. The maximum absolute atomic E-state index is 13.2. The van der Waals surface area contributed by atoms with Crippen LogP contribution in [-0.2, 0) is 19.1 Å². The molecule has 0 saturated heterocycles. The summed E-state index contributed by atoms with van der Waals surface area (Å²) in [6.07, 6.45) is 7.78. The van der Waals surface area contributed by atoms with Crippen molar-refractivity contribution >= 4 is 11.9 Å². The molecule has 0 bridgehead atoms. The number of fused-ring (bicyclic) bond motifs is 5. The van der Waals surface area contributed by atoms with Gasteiger partial charge in [-0.05, 0) is 111 Å². The van der Waals surface area contributed by atoms with Crippen LogP contribution in [0.5, 0.6) is 0 Å². The SMILES string of the molecule is COC(=O)/C(CCC=C(C)C)=C1\[C@@H](OC(C)=O)C[C@@]2(C)[C@H]1C[C@@H](O)[C@H]1[C@@]3(C)CC[C@@H](N)[C@@H](C)[C@@H]3CC[C@@]12C. The second-order valence-corrected chi connectivity index (χ2v) is 13.9. The van der Waals surface area contributed by atoms with Gasteiger partial charge < -0.3 is 20.3 Å². The molecule has 0 amide bonds. The Morgan fingerprint density at radius 3 is 2.39 bits per heavy atom. The number of aliphatic hydroxyl groups is 1. The molecular formula is C32H51NO5. The van der Waals surface area contributed by atoms with Gasteiger partial charge in [-0.2, -0.15) is 0 Å². The van der Waals surface area contributed by atoms with Crippen LogP contribution < -0.4 is 5.73 Å². The number of hydrogen-bond acceptors (Lipinski definition) is 6. The fourth-order valence-corrected chi connectivity index (χ4v) is 9.95. The predicted octanol–water partition coefficient (Wildman–Crippen LogP) is 5.72. The van der Waals surface area contributed by atoms with Crippen molar-refractivity contribution < 1.29 is 24.2 Å². The van der Waals surface area contributed by atoms with Crippen molar-refractivity contribution in [2.75, 3.05) is 7.11 Å². The second kappa shape index (κ2) is 10.4. The quantitative estimate of drug-likeness (QED) is 0.268. The van der Waals surface area contributed by atoms with Crippen LogP contribution in [0.1, 0.15) is 99.8 Å². The third kappa shape index (κ3) is 4.48. The molecule has 0 aromatic heterocycles. The number of methoxy groups -OCH3 is 1. The van der Waals surface area contributed by atoms with Crippen molar-refractivity contribution in [2.45, 2.75) is 118 Å². The highest BCUT2D eigenvalue weighted by molar-refractivity contribution is 5.90. The van der Waals surface area contributed by atoms with Gasteiger partial charge in [0.15, 0.2) is 0 Å². The van der Waals surface area contributed by atoms with E-state index in [-0.39, 0.29) is 46.1 Å². The highest BCUT2D eigenvalue weighted by Gasteiger charge is 2.70. The minimum atomic E-state index is -0.491. The molecule has 4 aliphatic rings. The van der Waals surface area contributed by atoms with E-state index in [2.05, 4.69) is 33.8 Å². The Morgan fingerprint density at radius 1 is 1.11 bits per heavy atom. The Labute approximate surface area is 229 Å². The molecule has 4 rings (SSSR count). The molecule has 0 heterocycles. The fraction of sp³-hybridized carbons (Fsp3) is 0.812. The van der Waals surface area contributed by atoms with E-state index in [0.29, 0.717) is 43.1 Å². The maximum atomic E-state index is 13.2. The third-order valence-electron chi connectivity index (χ3n) is 11.8. The standard InChI is InChI=1S/C32H51NO5/c1-18(2)10-9-11-21(29(36)37-8)27-23-16-25(35)28-30(5)14-13-24(33)19(3)22(30)12-15-31(28,6)32(23,7)17-26(27)38-20(4)34/h10,19,22-26,28,35H,9,11-17,33H2,1-8H3/b27-21-/t19-,22-,23-,24+,25+,26-,28-,30-,31-,32-/m0/s1. The zero-order valence-corrected chi connectivity index (χ0v) is 24.9. The van der Waals surface area contributed by atoms with E-state index in [0.717, 1.165) is 31.3 Å². The summed E-state index contributed by atoms with van der Waals surface area (Å²) in [5.74, 6) is 0.327. The minimum absolute atomic E-state index is 0.00765. The Hall–Kier alpha value is -1.66. The first-order valence-corrected chi connectivity index (χ1v) is 14.8. The van der Waals surface area contributed by atoms with Gasteiger partial charge in [-0.15, -0.1) is 0 Å². The van der Waals surface area contributed by atoms with E-state index in [1.54, 1.807) is 0 Å². The smallest absolute Gasteiger partial charge is 0.333 e. The monoisotopic (exact) mass is 529 g/mol. The lowest BCUT2D eigenvalue weighted by Gasteiger charge is -2.69. The van der Waals surface area contributed by atoms with Crippen molar-refractivity contribution in [3.63, 3.8) is 0 Å². The van der Waals surface area contributed by atoms with Crippen LogP contribution >= 0.6 is 0 Å². The summed E-state index contributed by atoms with van der Waals surface area (Å²) in [5, 5.41) is 12.0. The number of esters is 2. The van der Waals surface area contributed by atoms with Gasteiger partial charge in [0.1, 0.15) is 6.10 Å². The first kappa shape index (κ1) is 29.3. The molecule has 4 saturated carbocycles. The lowest BCUT2D eigenvalue weighted by molar-refractivity contribution is -0.226. The highest BCUT2D eigenvalue weighted by Crippen LogP contribution is 2.74. The Balaban J connectivity index is 1.84. The van der Waals surface area contributed by atoms with Crippen LogP contribution in [0, 0.1) is 39.9 Å². The number of allylic oxidation sites excluding steroid dienone is 2. The van der Waals surface area contributed by atoms with Crippen LogP contribution in [-0.4, -0.2) is 42.4 Å². The number of carbonyl (C=O) groups excluding carboxylic acids is 2. The summed E-state index contributed by atoms with van der Waals surface area (Å²) in [5.41, 5.74) is 8.87. The fourth-order valence-electron chi connectivity index (χ4n) is 9.95. The van der Waals surface area contributed by atoms with Gasteiger partial charge in [0.2, 0.25) is 0 Å². The van der Waals surface area contributed by atoms with E-state index in [1.807, 2.05) is 13.8 Å².